The Morgan fingerprint density at radius 2 is 1.66 bits per heavy atom. The predicted molar refractivity (Wildman–Crippen MR) is 151 cm³/mol. The number of hydrogen-bond donors (Lipinski definition) is 1. The lowest BCUT2D eigenvalue weighted by Crippen LogP contribution is -2.53. The molecule has 10 heteroatoms. The summed E-state index contributed by atoms with van der Waals surface area (Å²) in [6.07, 6.45) is 0.371. The van der Waals surface area contributed by atoms with E-state index in [1.807, 2.05) is 52.0 Å². The van der Waals surface area contributed by atoms with Crippen molar-refractivity contribution in [1.82, 2.24) is 14.5 Å². The molecule has 38 heavy (non-hydrogen) atoms. The lowest BCUT2D eigenvalue weighted by molar-refractivity contribution is -0.140. The first kappa shape index (κ1) is 31.1. The van der Waals surface area contributed by atoms with Gasteiger partial charge in [-0.3, -0.25) is 9.59 Å². The number of hydrogen-bond acceptors (Lipinski definition) is 5. The minimum absolute atomic E-state index is 0.138. The number of aryl methyl sites for hydroxylation is 2. The molecule has 0 fully saturated rings. The van der Waals surface area contributed by atoms with Crippen molar-refractivity contribution in [3.05, 3.63) is 59.2 Å². The van der Waals surface area contributed by atoms with Gasteiger partial charge in [-0.15, -0.1) is 0 Å². The fourth-order valence-corrected chi connectivity index (χ4v) is 5.07. The van der Waals surface area contributed by atoms with Crippen molar-refractivity contribution >= 4 is 27.7 Å². The van der Waals surface area contributed by atoms with E-state index in [0.29, 0.717) is 24.4 Å². The maximum atomic E-state index is 14.0. The molecular formula is C28H42N4O5S. The van der Waals surface area contributed by atoms with E-state index in [-0.39, 0.29) is 18.4 Å². The molecule has 0 spiro atoms. The van der Waals surface area contributed by atoms with E-state index in [4.69, 9.17) is 4.74 Å². The standard InChI is InChI=1S/C28H42N4O5S/c1-9-25(28(34)29-17-20(2)3)31(18-23-12-14-24(37-8)15-13-23)27(33)19-32(38(35,36)30(6)7)26-16-21(4)10-11-22(26)5/h10-16,20,25H,9,17-19H2,1-8H3,(H,29,34). The predicted octanol–water partition coefficient (Wildman–Crippen LogP) is 3.50. The Balaban J connectivity index is 2.53. The topological polar surface area (TPSA) is 99.3 Å². The molecule has 0 radical (unpaired) electrons. The molecule has 9 nitrogen and oxygen atoms in total. The van der Waals surface area contributed by atoms with Crippen molar-refractivity contribution in [1.29, 1.82) is 0 Å². The van der Waals surface area contributed by atoms with Gasteiger partial charge in [0.15, 0.2) is 0 Å². The van der Waals surface area contributed by atoms with Crippen LogP contribution >= 0.6 is 0 Å². The summed E-state index contributed by atoms with van der Waals surface area (Å²) in [6, 6.07) is 11.9. The van der Waals surface area contributed by atoms with Crippen molar-refractivity contribution in [2.45, 2.75) is 53.6 Å². The zero-order valence-electron chi connectivity index (χ0n) is 23.8. The molecule has 1 unspecified atom stereocenters. The number of nitrogens with one attached hydrogen (secondary N) is 1. The summed E-state index contributed by atoms with van der Waals surface area (Å²) in [6.45, 7) is 9.67. The molecule has 210 valence electrons. The average Bonchev–Trinajstić information content (AvgIpc) is 2.87. The lowest BCUT2D eigenvalue weighted by atomic mass is 10.1. The summed E-state index contributed by atoms with van der Waals surface area (Å²) in [5, 5.41) is 2.93. The van der Waals surface area contributed by atoms with Gasteiger partial charge >= 0.3 is 10.2 Å². The van der Waals surface area contributed by atoms with Crippen LogP contribution in [0, 0.1) is 19.8 Å². The van der Waals surface area contributed by atoms with Crippen LogP contribution in [-0.4, -0.2) is 69.8 Å². The molecule has 0 bridgehead atoms. The Labute approximate surface area is 227 Å². The second kappa shape index (κ2) is 13.6. The molecule has 1 atom stereocenters. The van der Waals surface area contributed by atoms with Crippen molar-refractivity contribution in [3.8, 4) is 5.75 Å². The first-order chi connectivity index (χ1) is 17.8. The van der Waals surface area contributed by atoms with Gasteiger partial charge in [0.1, 0.15) is 18.3 Å². The number of methoxy groups -OCH3 is 1. The van der Waals surface area contributed by atoms with Crippen molar-refractivity contribution < 1.29 is 22.7 Å². The van der Waals surface area contributed by atoms with E-state index in [1.165, 1.54) is 19.0 Å². The third kappa shape index (κ3) is 7.94. The highest BCUT2D eigenvalue weighted by Gasteiger charge is 2.34. The minimum Gasteiger partial charge on any atom is -0.497 e. The number of anilines is 1. The van der Waals surface area contributed by atoms with Gasteiger partial charge in [0, 0.05) is 27.2 Å². The number of carbonyl (C=O) groups is 2. The molecule has 0 aliphatic carbocycles. The molecule has 0 saturated heterocycles. The molecular weight excluding hydrogens is 504 g/mol. The smallest absolute Gasteiger partial charge is 0.304 e. The third-order valence-electron chi connectivity index (χ3n) is 6.23. The first-order valence-corrected chi connectivity index (χ1v) is 14.2. The van der Waals surface area contributed by atoms with E-state index in [0.717, 1.165) is 25.3 Å². The van der Waals surface area contributed by atoms with Gasteiger partial charge < -0.3 is 15.0 Å². The van der Waals surface area contributed by atoms with Crippen LogP contribution in [-0.2, 0) is 26.3 Å². The fraction of sp³-hybridized carbons (Fsp3) is 0.500. The van der Waals surface area contributed by atoms with E-state index in [1.54, 1.807) is 32.2 Å². The maximum Gasteiger partial charge on any atom is 0.304 e. The average molecular weight is 547 g/mol. The van der Waals surface area contributed by atoms with Crippen LogP contribution in [0.2, 0.25) is 0 Å². The highest BCUT2D eigenvalue weighted by atomic mass is 32.2. The molecule has 2 aromatic rings. The molecule has 0 aromatic heterocycles. The Morgan fingerprint density at radius 3 is 2.18 bits per heavy atom. The molecule has 0 saturated carbocycles. The van der Waals surface area contributed by atoms with Crippen LogP contribution < -0.4 is 14.4 Å². The highest BCUT2D eigenvalue weighted by Crippen LogP contribution is 2.26. The second-order valence-corrected chi connectivity index (χ2v) is 12.1. The fourth-order valence-electron chi connectivity index (χ4n) is 3.96. The zero-order valence-corrected chi connectivity index (χ0v) is 24.6. The van der Waals surface area contributed by atoms with Crippen LogP contribution in [0.1, 0.15) is 43.9 Å². The number of rotatable bonds is 13. The summed E-state index contributed by atoms with van der Waals surface area (Å²) in [4.78, 5) is 28.6. The van der Waals surface area contributed by atoms with Crippen molar-refractivity contribution in [2.24, 2.45) is 5.92 Å². The quantitative estimate of drug-likeness (QED) is 0.415. The SMILES string of the molecule is CCC(C(=O)NCC(C)C)N(Cc1ccc(OC)cc1)C(=O)CN(c1cc(C)ccc1C)S(=O)(=O)N(C)C. The maximum absolute atomic E-state index is 14.0. The number of nitrogens with zero attached hydrogens (tertiary/aromatic N) is 3. The molecule has 1 N–H and O–H groups in total. The summed E-state index contributed by atoms with van der Waals surface area (Å²) in [5.41, 5.74) is 2.81. The lowest BCUT2D eigenvalue weighted by Gasteiger charge is -2.34. The Kier molecular flexibility index (Phi) is 11.1. The Bertz CT molecular complexity index is 1200. The van der Waals surface area contributed by atoms with Gasteiger partial charge in [-0.25, -0.2) is 4.31 Å². The van der Waals surface area contributed by atoms with Gasteiger partial charge in [-0.1, -0.05) is 45.0 Å². The largest absolute Gasteiger partial charge is 0.497 e. The van der Waals surface area contributed by atoms with Crippen LogP contribution in [0.3, 0.4) is 0 Å². The van der Waals surface area contributed by atoms with E-state index in [2.05, 4.69) is 5.32 Å². The normalized spacial score (nSPS) is 12.4. The van der Waals surface area contributed by atoms with E-state index < -0.39 is 28.7 Å². The monoisotopic (exact) mass is 546 g/mol. The van der Waals surface area contributed by atoms with Crippen LogP contribution in [0.5, 0.6) is 5.75 Å². The highest BCUT2D eigenvalue weighted by molar-refractivity contribution is 7.90. The van der Waals surface area contributed by atoms with Gasteiger partial charge in [-0.2, -0.15) is 12.7 Å². The first-order valence-electron chi connectivity index (χ1n) is 12.8. The molecule has 0 aliphatic heterocycles. The van der Waals surface area contributed by atoms with Crippen LogP contribution in [0.15, 0.2) is 42.5 Å². The summed E-state index contributed by atoms with van der Waals surface area (Å²) in [7, 11) is 0.423. The molecule has 0 aliphatic rings. The van der Waals surface area contributed by atoms with E-state index in [9.17, 15) is 18.0 Å². The number of ether oxygens (including phenoxy) is 1. The Hall–Kier alpha value is -3.11. The van der Waals surface area contributed by atoms with Crippen LogP contribution in [0.4, 0.5) is 5.69 Å². The van der Waals surface area contributed by atoms with Crippen molar-refractivity contribution in [2.75, 3.05) is 38.6 Å². The number of amides is 2. The Morgan fingerprint density at radius 1 is 1.03 bits per heavy atom. The third-order valence-corrected chi connectivity index (χ3v) is 8.04. The minimum atomic E-state index is -4.01. The number of carbonyl (C=O) groups excluding carboxylic acids is 2. The van der Waals surface area contributed by atoms with Gasteiger partial charge in [0.05, 0.1) is 12.8 Å². The van der Waals surface area contributed by atoms with Gasteiger partial charge in [0.25, 0.3) is 0 Å². The van der Waals surface area contributed by atoms with Crippen LogP contribution in [0.25, 0.3) is 0 Å². The summed E-state index contributed by atoms with van der Waals surface area (Å²) >= 11 is 0. The van der Waals surface area contributed by atoms with Gasteiger partial charge in [-0.05, 0) is 61.1 Å². The van der Waals surface area contributed by atoms with E-state index >= 15 is 0 Å². The molecule has 2 amide bonds. The number of benzene rings is 2. The zero-order chi connectivity index (χ0) is 28.6. The summed E-state index contributed by atoms with van der Waals surface area (Å²) in [5.74, 6) is 0.175. The van der Waals surface area contributed by atoms with Crippen molar-refractivity contribution in [3.63, 3.8) is 0 Å². The summed E-state index contributed by atoms with van der Waals surface area (Å²) < 4.78 is 34.3. The van der Waals surface area contributed by atoms with Gasteiger partial charge in [0.2, 0.25) is 11.8 Å². The molecule has 2 aromatic carbocycles. The second-order valence-electron chi connectivity index (χ2n) is 10.0. The molecule has 0 heterocycles. The molecule has 2 rings (SSSR count).